The van der Waals surface area contributed by atoms with E-state index >= 15 is 0 Å². The van der Waals surface area contributed by atoms with Gasteiger partial charge in [0.25, 0.3) is 0 Å². The summed E-state index contributed by atoms with van der Waals surface area (Å²) in [6.07, 6.45) is -2.40. The van der Waals surface area contributed by atoms with Gasteiger partial charge in [0.1, 0.15) is 5.75 Å². The Morgan fingerprint density at radius 2 is 1.94 bits per heavy atom. The molecule has 0 bridgehead atoms. The molecular formula is C11H12F3NO. The molecule has 0 aliphatic heterocycles. The Morgan fingerprint density at radius 3 is 2.44 bits per heavy atom. The highest BCUT2D eigenvalue weighted by molar-refractivity contribution is 5.51. The number of benzene rings is 1. The van der Waals surface area contributed by atoms with Crippen LogP contribution in [0.1, 0.15) is 18.4 Å². The molecular weight excluding hydrogens is 219 g/mol. The van der Waals surface area contributed by atoms with Crippen molar-refractivity contribution in [3.05, 3.63) is 23.8 Å². The molecule has 1 fully saturated rings. The van der Waals surface area contributed by atoms with Gasteiger partial charge in [-0.05, 0) is 25.0 Å². The van der Waals surface area contributed by atoms with Crippen molar-refractivity contribution < 1.29 is 17.9 Å². The van der Waals surface area contributed by atoms with Crippen LogP contribution in [0.4, 0.5) is 18.9 Å². The Kier molecular flexibility index (Phi) is 2.69. The third-order valence-corrected chi connectivity index (χ3v) is 2.35. The van der Waals surface area contributed by atoms with Gasteiger partial charge in [-0.3, -0.25) is 0 Å². The van der Waals surface area contributed by atoms with E-state index in [0.717, 1.165) is 25.0 Å². The van der Waals surface area contributed by atoms with Crippen LogP contribution in [0.5, 0.6) is 5.75 Å². The molecule has 0 amide bonds. The molecule has 0 radical (unpaired) electrons. The summed E-state index contributed by atoms with van der Waals surface area (Å²) in [7, 11) is 1.58. The molecule has 1 saturated carbocycles. The topological polar surface area (TPSA) is 21.3 Å². The quantitative estimate of drug-likeness (QED) is 0.861. The number of hydrogen-bond donors (Lipinski definition) is 1. The molecule has 1 aromatic carbocycles. The van der Waals surface area contributed by atoms with E-state index < -0.39 is 11.7 Å². The molecule has 88 valence electrons. The maximum atomic E-state index is 12.6. The van der Waals surface area contributed by atoms with Gasteiger partial charge in [0.2, 0.25) is 0 Å². The summed E-state index contributed by atoms with van der Waals surface area (Å²) >= 11 is 0. The Morgan fingerprint density at radius 1 is 1.25 bits per heavy atom. The lowest BCUT2D eigenvalue weighted by atomic mass is 10.2. The normalized spacial score (nSPS) is 16.0. The lowest BCUT2D eigenvalue weighted by molar-refractivity contribution is -0.137. The fraction of sp³-hybridized carbons (Fsp3) is 0.455. The highest BCUT2D eigenvalue weighted by atomic mass is 19.4. The van der Waals surface area contributed by atoms with Gasteiger partial charge in [0.05, 0.1) is 11.7 Å². The molecule has 2 rings (SSSR count). The van der Waals surface area contributed by atoms with Gasteiger partial charge in [0, 0.05) is 18.8 Å². The van der Waals surface area contributed by atoms with E-state index in [1.54, 1.807) is 13.1 Å². The second-order valence-electron chi connectivity index (χ2n) is 3.81. The van der Waals surface area contributed by atoms with E-state index in [4.69, 9.17) is 4.74 Å². The van der Waals surface area contributed by atoms with Crippen molar-refractivity contribution in [3.63, 3.8) is 0 Å². The maximum Gasteiger partial charge on any atom is 0.416 e. The summed E-state index contributed by atoms with van der Waals surface area (Å²) in [5.41, 5.74) is -0.277. The molecule has 2 nitrogen and oxygen atoms in total. The van der Waals surface area contributed by atoms with Gasteiger partial charge in [-0.1, -0.05) is 0 Å². The zero-order valence-corrected chi connectivity index (χ0v) is 8.77. The first-order valence-electron chi connectivity index (χ1n) is 5.06. The van der Waals surface area contributed by atoms with Gasteiger partial charge in [-0.15, -0.1) is 0 Å². The third-order valence-electron chi connectivity index (χ3n) is 2.35. The van der Waals surface area contributed by atoms with Crippen LogP contribution in [0.3, 0.4) is 0 Å². The average molecular weight is 231 g/mol. The summed E-state index contributed by atoms with van der Waals surface area (Å²) in [6.45, 7) is 0. The summed E-state index contributed by atoms with van der Waals surface area (Å²) < 4.78 is 43.0. The molecule has 0 unspecified atom stereocenters. The lowest BCUT2D eigenvalue weighted by Crippen LogP contribution is -2.07. The first-order valence-corrected chi connectivity index (χ1v) is 5.06. The Labute approximate surface area is 91.4 Å². The van der Waals surface area contributed by atoms with Gasteiger partial charge in [-0.25, -0.2) is 0 Å². The van der Waals surface area contributed by atoms with Crippen molar-refractivity contribution in [1.82, 2.24) is 0 Å². The van der Waals surface area contributed by atoms with E-state index in [0.29, 0.717) is 5.69 Å². The SMILES string of the molecule is CNc1cc(OC2CC2)cc(C(F)(F)F)c1. The molecule has 5 heteroatoms. The summed E-state index contributed by atoms with van der Waals surface area (Å²) in [4.78, 5) is 0. The standard InChI is InChI=1S/C11H12F3NO/c1-15-8-4-7(11(12,13)14)5-10(6-8)16-9-2-3-9/h4-6,9,15H,2-3H2,1H3. The van der Waals surface area contributed by atoms with Crippen LogP contribution in [0.25, 0.3) is 0 Å². The fourth-order valence-electron chi connectivity index (χ4n) is 1.35. The fourth-order valence-corrected chi connectivity index (χ4v) is 1.35. The van der Waals surface area contributed by atoms with Gasteiger partial charge in [-0.2, -0.15) is 13.2 Å². The van der Waals surface area contributed by atoms with Crippen LogP contribution in [-0.2, 0) is 6.18 Å². The van der Waals surface area contributed by atoms with Gasteiger partial charge < -0.3 is 10.1 Å². The molecule has 1 aliphatic carbocycles. The number of rotatable bonds is 3. The zero-order chi connectivity index (χ0) is 11.8. The van der Waals surface area contributed by atoms with E-state index in [-0.39, 0.29) is 11.9 Å². The van der Waals surface area contributed by atoms with Crippen molar-refractivity contribution in [2.24, 2.45) is 0 Å². The largest absolute Gasteiger partial charge is 0.490 e. The Bertz CT molecular complexity index is 385. The molecule has 0 spiro atoms. The van der Waals surface area contributed by atoms with E-state index in [9.17, 15) is 13.2 Å². The minimum atomic E-state index is -4.34. The molecule has 0 saturated heterocycles. The first-order chi connectivity index (χ1) is 7.49. The van der Waals surface area contributed by atoms with Crippen molar-refractivity contribution in [2.45, 2.75) is 25.1 Å². The second kappa shape index (κ2) is 3.88. The zero-order valence-electron chi connectivity index (χ0n) is 8.77. The summed E-state index contributed by atoms with van der Waals surface area (Å²) in [5, 5.41) is 2.69. The Hall–Kier alpha value is -1.39. The third kappa shape index (κ3) is 2.59. The Balaban J connectivity index is 2.29. The number of nitrogens with one attached hydrogen (secondary N) is 1. The van der Waals surface area contributed by atoms with Crippen molar-refractivity contribution in [2.75, 3.05) is 12.4 Å². The predicted octanol–water partition coefficient (Wildman–Crippen LogP) is 3.29. The molecule has 1 aliphatic rings. The molecule has 1 aromatic rings. The second-order valence-corrected chi connectivity index (χ2v) is 3.81. The molecule has 16 heavy (non-hydrogen) atoms. The maximum absolute atomic E-state index is 12.6. The van der Waals surface area contributed by atoms with Crippen LogP contribution in [0, 0.1) is 0 Å². The molecule has 0 atom stereocenters. The molecule has 0 heterocycles. The van der Waals surface area contributed by atoms with Gasteiger partial charge >= 0.3 is 6.18 Å². The van der Waals surface area contributed by atoms with Gasteiger partial charge in [0.15, 0.2) is 0 Å². The van der Waals surface area contributed by atoms with E-state index in [2.05, 4.69) is 5.32 Å². The van der Waals surface area contributed by atoms with Crippen molar-refractivity contribution >= 4 is 5.69 Å². The minimum absolute atomic E-state index is 0.0909. The molecule has 1 N–H and O–H groups in total. The smallest absolute Gasteiger partial charge is 0.416 e. The van der Waals surface area contributed by atoms with Crippen LogP contribution in [0.2, 0.25) is 0 Å². The lowest BCUT2D eigenvalue weighted by Gasteiger charge is -2.12. The number of hydrogen-bond acceptors (Lipinski definition) is 2. The van der Waals surface area contributed by atoms with Crippen LogP contribution >= 0.6 is 0 Å². The van der Waals surface area contributed by atoms with Crippen LogP contribution in [-0.4, -0.2) is 13.2 Å². The minimum Gasteiger partial charge on any atom is -0.490 e. The number of anilines is 1. The summed E-state index contributed by atoms with van der Waals surface area (Å²) in [5.74, 6) is 0.279. The first kappa shape index (κ1) is 11.1. The van der Waals surface area contributed by atoms with Crippen molar-refractivity contribution in [1.29, 1.82) is 0 Å². The highest BCUT2D eigenvalue weighted by Gasteiger charge is 2.32. The highest BCUT2D eigenvalue weighted by Crippen LogP contribution is 2.36. The van der Waals surface area contributed by atoms with Crippen LogP contribution in [0.15, 0.2) is 18.2 Å². The average Bonchev–Trinajstić information content (AvgIpc) is 3.00. The van der Waals surface area contributed by atoms with E-state index in [1.807, 2.05) is 0 Å². The summed E-state index contributed by atoms with van der Waals surface area (Å²) in [6, 6.07) is 3.69. The van der Waals surface area contributed by atoms with Crippen molar-refractivity contribution in [3.8, 4) is 5.75 Å². The number of alkyl halides is 3. The predicted molar refractivity (Wildman–Crippen MR) is 54.6 cm³/mol. The van der Waals surface area contributed by atoms with Crippen LogP contribution < -0.4 is 10.1 Å². The van der Waals surface area contributed by atoms with E-state index in [1.165, 1.54) is 0 Å². The molecule has 0 aromatic heterocycles. The number of ether oxygens (including phenoxy) is 1. The monoisotopic (exact) mass is 231 g/mol. The number of halogens is 3.